The van der Waals surface area contributed by atoms with E-state index in [4.69, 9.17) is 4.74 Å². The lowest BCUT2D eigenvalue weighted by Crippen LogP contribution is -2.48. The molecule has 146 valence electrons. The lowest BCUT2D eigenvalue weighted by molar-refractivity contribution is 0.0194. The number of guanidine groups is 1. The molecule has 0 aromatic heterocycles. The Morgan fingerprint density at radius 2 is 1.88 bits per heavy atom. The van der Waals surface area contributed by atoms with Crippen LogP contribution in [-0.4, -0.2) is 86.0 Å². The number of ether oxygens (including phenoxy) is 1. The maximum absolute atomic E-state index is 10.5. The lowest BCUT2D eigenvalue weighted by Gasteiger charge is -2.32. The number of aliphatic hydroxyl groups is 1. The van der Waals surface area contributed by atoms with Crippen molar-refractivity contribution in [2.75, 3.05) is 53.0 Å². The van der Waals surface area contributed by atoms with Gasteiger partial charge in [-0.1, -0.05) is 19.3 Å². The Bertz CT molecular complexity index is 412. The van der Waals surface area contributed by atoms with Crippen LogP contribution in [0.25, 0.3) is 0 Å². The third kappa shape index (κ3) is 5.94. The molecule has 2 atom stereocenters. The molecule has 0 amide bonds. The van der Waals surface area contributed by atoms with Gasteiger partial charge >= 0.3 is 0 Å². The van der Waals surface area contributed by atoms with Gasteiger partial charge < -0.3 is 20.1 Å². The largest absolute Gasteiger partial charge is 0.391 e. The third-order valence-corrected chi connectivity index (χ3v) is 5.90. The summed E-state index contributed by atoms with van der Waals surface area (Å²) in [6.45, 7) is 6.50. The van der Waals surface area contributed by atoms with E-state index in [1.165, 1.54) is 38.5 Å². The van der Waals surface area contributed by atoms with E-state index in [1.54, 1.807) is 0 Å². The quantitative estimate of drug-likeness (QED) is 0.374. The number of hydrogen-bond acceptors (Lipinski definition) is 4. The normalized spacial score (nSPS) is 27.8. The van der Waals surface area contributed by atoms with Crippen LogP contribution in [0.3, 0.4) is 0 Å². The number of aliphatic hydroxyl groups excluding tert-OH is 1. The standard InChI is InChI=1S/C18H34N4O2.HI/c1-19-18(20-13-17(23)15-5-3-2-4-6-15)22-8-7-16(14-22)21-9-11-24-12-10-21;/h15-17,23H,2-14H2,1H3,(H,19,20);1H. The highest BCUT2D eigenvalue weighted by atomic mass is 127. The molecule has 0 aromatic carbocycles. The van der Waals surface area contributed by atoms with Crippen LogP contribution in [-0.2, 0) is 4.74 Å². The van der Waals surface area contributed by atoms with Crippen LogP contribution in [0.4, 0.5) is 0 Å². The molecule has 1 aliphatic carbocycles. The number of likely N-dealkylation sites (tertiary alicyclic amines) is 1. The second-order valence-electron chi connectivity index (χ2n) is 7.43. The van der Waals surface area contributed by atoms with Crippen LogP contribution >= 0.6 is 24.0 Å². The molecule has 2 aliphatic heterocycles. The smallest absolute Gasteiger partial charge is 0.193 e. The van der Waals surface area contributed by atoms with Crippen molar-refractivity contribution in [1.82, 2.24) is 15.1 Å². The lowest BCUT2D eigenvalue weighted by atomic mass is 9.85. The topological polar surface area (TPSA) is 60.3 Å². The molecule has 2 unspecified atom stereocenters. The van der Waals surface area contributed by atoms with Crippen LogP contribution in [0.2, 0.25) is 0 Å². The van der Waals surface area contributed by atoms with E-state index in [1.807, 2.05) is 7.05 Å². The van der Waals surface area contributed by atoms with Crippen molar-refractivity contribution in [3.8, 4) is 0 Å². The molecule has 2 heterocycles. The van der Waals surface area contributed by atoms with Crippen molar-refractivity contribution >= 4 is 29.9 Å². The zero-order valence-electron chi connectivity index (χ0n) is 15.5. The van der Waals surface area contributed by atoms with Gasteiger partial charge in [-0.15, -0.1) is 24.0 Å². The second-order valence-corrected chi connectivity index (χ2v) is 7.43. The SMILES string of the molecule is CN=C(NCC(O)C1CCCCC1)N1CCC(N2CCOCC2)C1.I. The minimum Gasteiger partial charge on any atom is -0.391 e. The zero-order valence-corrected chi connectivity index (χ0v) is 17.9. The molecule has 0 radical (unpaired) electrons. The van der Waals surface area contributed by atoms with Crippen molar-refractivity contribution in [1.29, 1.82) is 0 Å². The van der Waals surface area contributed by atoms with Gasteiger partial charge in [-0.2, -0.15) is 0 Å². The van der Waals surface area contributed by atoms with Crippen molar-refractivity contribution in [3.63, 3.8) is 0 Å². The van der Waals surface area contributed by atoms with E-state index in [0.29, 0.717) is 18.5 Å². The highest BCUT2D eigenvalue weighted by molar-refractivity contribution is 14.0. The first-order chi connectivity index (χ1) is 11.8. The minimum absolute atomic E-state index is 0. The minimum atomic E-state index is -0.250. The summed E-state index contributed by atoms with van der Waals surface area (Å²) in [5.41, 5.74) is 0. The van der Waals surface area contributed by atoms with E-state index in [0.717, 1.165) is 45.4 Å². The van der Waals surface area contributed by atoms with E-state index < -0.39 is 0 Å². The number of aliphatic imine (C=N–C) groups is 1. The summed E-state index contributed by atoms with van der Waals surface area (Å²) in [7, 11) is 1.84. The summed E-state index contributed by atoms with van der Waals surface area (Å²) >= 11 is 0. The summed E-state index contributed by atoms with van der Waals surface area (Å²) in [4.78, 5) is 9.33. The number of halogens is 1. The summed E-state index contributed by atoms with van der Waals surface area (Å²) in [5.74, 6) is 1.41. The predicted octanol–water partition coefficient (Wildman–Crippen LogP) is 1.53. The molecular formula is C18H35IN4O2. The molecule has 0 spiro atoms. The fraction of sp³-hybridized carbons (Fsp3) is 0.944. The molecule has 0 bridgehead atoms. The number of nitrogens with zero attached hydrogens (tertiary/aromatic N) is 3. The molecular weight excluding hydrogens is 431 g/mol. The van der Waals surface area contributed by atoms with Crippen LogP contribution in [0.5, 0.6) is 0 Å². The van der Waals surface area contributed by atoms with Gasteiger partial charge in [0, 0.05) is 45.8 Å². The Labute approximate surface area is 169 Å². The predicted molar refractivity (Wildman–Crippen MR) is 112 cm³/mol. The molecule has 2 saturated heterocycles. The summed E-state index contributed by atoms with van der Waals surface area (Å²) in [5, 5.41) is 13.9. The Morgan fingerprint density at radius 3 is 2.56 bits per heavy atom. The van der Waals surface area contributed by atoms with Gasteiger partial charge in [-0.3, -0.25) is 9.89 Å². The average molecular weight is 466 g/mol. The van der Waals surface area contributed by atoms with Crippen LogP contribution in [0.15, 0.2) is 4.99 Å². The fourth-order valence-electron chi connectivity index (χ4n) is 4.39. The highest BCUT2D eigenvalue weighted by Gasteiger charge is 2.30. The van der Waals surface area contributed by atoms with Crippen molar-refractivity contribution < 1.29 is 9.84 Å². The molecule has 25 heavy (non-hydrogen) atoms. The number of nitrogens with one attached hydrogen (secondary N) is 1. The van der Waals surface area contributed by atoms with Crippen molar-refractivity contribution in [3.05, 3.63) is 0 Å². The third-order valence-electron chi connectivity index (χ3n) is 5.90. The van der Waals surface area contributed by atoms with Crippen LogP contribution in [0.1, 0.15) is 38.5 Å². The molecule has 3 aliphatic rings. The first kappa shape index (κ1) is 21.2. The van der Waals surface area contributed by atoms with Gasteiger partial charge in [-0.05, 0) is 25.2 Å². The fourth-order valence-corrected chi connectivity index (χ4v) is 4.39. The average Bonchev–Trinajstić information content (AvgIpc) is 3.13. The van der Waals surface area contributed by atoms with Gasteiger partial charge in [0.05, 0.1) is 19.3 Å². The molecule has 2 N–H and O–H groups in total. The summed E-state index contributed by atoms with van der Waals surface area (Å²) < 4.78 is 5.46. The van der Waals surface area contributed by atoms with Gasteiger partial charge in [0.1, 0.15) is 0 Å². The van der Waals surface area contributed by atoms with Crippen LogP contribution in [0, 0.1) is 5.92 Å². The summed E-state index contributed by atoms with van der Waals surface area (Å²) in [6, 6.07) is 0.607. The molecule has 0 aromatic rings. The number of morpholine rings is 1. The van der Waals surface area contributed by atoms with E-state index >= 15 is 0 Å². The Hall–Kier alpha value is -0.120. The Kier molecular flexibility index (Phi) is 9.23. The monoisotopic (exact) mass is 466 g/mol. The van der Waals surface area contributed by atoms with Gasteiger partial charge in [-0.25, -0.2) is 0 Å². The number of hydrogen-bond donors (Lipinski definition) is 2. The maximum atomic E-state index is 10.5. The van der Waals surface area contributed by atoms with Gasteiger partial charge in [0.2, 0.25) is 0 Å². The van der Waals surface area contributed by atoms with Crippen molar-refractivity contribution in [2.24, 2.45) is 10.9 Å². The second kappa shape index (κ2) is 10.9. The molecule has 7 heteroatoms. The van der Waals surface area contributed by atoms with Gasteiger partial charge in [0.15, 0.2) is 5.96 Å². The van der Waals surface area contributed by atoms with E-state index in [9.17, 15) is 5.11 Å². The molecule has 6 nitrogen and oxygen atoms in total. The molecule has 1 saturated carbocycles. The van der Waals surface area contributed by atoms with E-state index in [-0.39, 0.29) is 30.1 Å². The van der Waals surface area contributed by atoms with Crippen LogP contribution < -0.4 is 5.32 Å². The van der Waals surface area contributed by atoms with E-state index in [2.05, 4.69) is 20.1 Å². The first-order valence-corrected chi connectivity index (χ1v) is 9.73. The number of rotatable bonds is 4. The highest BCUT2D eigenvalue weighted by Crippen LogP contribution is 2.26. The summed E-state index contributed by atoms with van der Waals surface area (Å²) in [6.07, 6.45) is 7.14. The Balaban J connectivity index is 0.00000225. The maximum Gasteiger partial charge on any atom is 0.193 e. The van der Waals surface area contributed by atoms with Gasteiger partial charge in [0.25, 0.3) is 0 Å². The first-order valence-electron chi connectivity index (χ1n) is 9.73. The Morgan fingerprint density at radius 1 is 1.16 bits per heavy atom. The molecule has 3 fully saturated rings. The zero-order chi connectivity index (χ0) is 16.8. The van der Waals surface area contributed by atoms with Crippen molar-refractivity contribution in [2.45, 2.75) is 50.7 Å². The molecule has 3 rings (SSSR count).